The van der Waals surface area contributed by atoms with Gasteiger partial charge < -0.3 is 19.4 Å². The molecule has 2 aromatic heterocycles. The van der Waals surface area contributed by atoms with E-state index in [2.05, 4.69) is 25.0 Å². The van der Waals surface area contributed by atoms with Crippen LogP contribution in [0.2, 0.25) is 0 Å². The van der Waals surface area contributed by atoms with Gasteiger partial charge in [-0.05, 0) is 24.3 Å². The Balaban J connectivity index is 1.35. The van der Waals surface area contributed by atoms with Crippen molar-refractivity contribution in [1.29, 1.82) is 0 Å². The van der Waals surface area contributed by atoms with Crippen LogP contribution in [0.4, 0.5) is 30.6 Å². The second-order valence-electron chi connectivity index (χ2n) is 6.73. The van der Waals surface area contributed by atoms with Gasteiger partial charge in [-0.25, -0.2) is 4.98 Å². The second-order valence-corrected chi connectivity index (χ2v) is 6.73. The highest BCUT2D eigenvalue weighted by molar-refractivity contribution is 5.48. The third-order valence-electron chi connectivity index (χ3n) is 4.97. The molecule has 0 unspecified atom stereocenters. The molecule has 0 atom stereocenters. The fraction of sp³-hybridized carbons (Fsp3) is 0.500. The number of piperazine rings is 1. The Bertz CT molecular complexity index is 769. The number of anilines is 3. The van der Waals surface area contributed by atoms with Gasteiger partial charge in [0.15, 0.2) is 11.6 Å². The van der Waals surface area contributed by atoms with Gasteiger partial charge in [-0.3, -0.25) is 0 Å². The van der Waals surface area contributed by atoms with Crippen LogP contribution in [0.1, 0.15) is 5.56 Å². The van der Waals surface area contributed by atoms with Crippen LogP contribution in [-0.4, -0.2) is 67.7 Å². The molecular formula is C18H21F3N6O. The van der Waals surface area contributed by atoms with E-state index >= 15 is 0 Å². The van der Waals surface area contributed by atoms with Gasteiger partial charge >= 0.3 is 6.18 Å². The summed E-state index contributed by atoms with van der Waals surface area (Å²) in [6, 6.07) is 6.43. The summed E-state index contributed by atoms with van der Waals surface area (Å²) in [5.74, 6) is 2.21. The van der Waals surface area contributed by atoms with Gasteiger partial charge in [-0.1, -0.05) is 0 Å². The number of ether oxygens (including phenoxy) is 1. The van der Waals surface area contributed by atoms with E-state index in [0.29, 0.717) is 45.2 Å². The van der Waals surface area contributed by atoms with E-state index in [-0.39, 0.29) is 0 Å². The third kappa shape index (κ3) is 4.11. The van der Waals surface area contributed by atoms with Crippen molar-refractivity contribution >= 4 is 17.5 Å². The number of alkyl halides is 3. The average molecular weight is 394 g/mol. The van der Waals surface area contributed by atoms with Crippen LogP contribution in [0.25, 0.3) is 0 Å². The molecule has 4 heterocycles. The van der Waals surface area contributed by atoms with Crippen LogP contribution in [0.15, 0.2) is 30.5 Å². The molecule has 2 aliphatic heterocycles. The number of rotatable bonds is 3. The van der Waals surface area contributed by atoms with Gasteiger partial charge in [-0.15, -0.1) is 10.2 Å². The van der Waals surface area contributed by atoms with E-state index < -0.39 is 11.7 Å². The second kappa shape index (κ2) is 7.78. The first-order valence-electron chi connectivity index (χ1n) is 9.20. The van der Waals surface area contributed by atoms with Gasteiger partial charge in [0, 0.05) is 45.5 Å². The first-order chi connectivity index (χ1) is 13.5. The van der Waals surface area contributed by atoms with Gasteiger partial charge in [0.2, 0.25) is 0 Å². The molecule has 2 aromatic rings. The Labute approximate surface area is 160 Å². The van der Waals surface area contributed by atoms with Crippen LogP contribution in [0.5, 0.6) is 0 Å². The number of hydrogen-bond donors (Lipinski definition) is 0. The molecule has 150 valence electrons. The number of aromatic nitrogens is 3. The van der Waals surface area contributed by atoms with Crippen LogP contribution >= 0.6 is 0 Å². The van der Waals surface area contributed by atoms with E-state index in [1.165, 1.54) is 6.07 Å². The van der Waals surface area contributed by atoms with Crippen molar-refractivity contribution in [2.45, 2.75) is 6.18 Å². The quantitative estimate of drug-likeness (QED) is 0.790. The summed E-state index contributed by atoms with van der Waals surface area (Å²) in [4.78, 5) is 10.2. The lowest BCUT2D eigenvalue weighted by Crippen LogP contribution is -2.47. The molecule has 0 amide bonds. The molecule has 28 heavy (non-hydrogen) atoms. The number of hydrogen-bond acceptors (Lipinski definition) is 7. The average Bonchev–Trinajstić information content (AvgIpc) is 2.74. The number of nitrogens with zero attached hydrogens (tertiary/aromatic N) is 6. The van der Waals surface area contributed by atoms with Crippen LogP contribution in [-0.2, 0) is 10.9 Å². The third-order valence-corrected chi connectivity index (χ3v) is 4.97. The van der Waals surface area contributed by atoms with Crippen molar-refractivity contribution in [1.82, 2.24) is 15.2 Å². The Hall–Kier alpha value is -2.62. The molecule has 0 aliphatic carbocycles. The molecule has 0 N–H and O–H groups in total. The van der Waals surface area contributed by atoms with Crippen molar-refractivity contribution < 1.29 is 17.9 Å². The molecule has 7 nitrogen and oxygen atoms in total. The summed E-state index contributed by atoms with van der Waals surface area (Å²) in [7, 11) is 0. The van der Waals surface area contributed by atoms with Crippen molar-refractivity contribution in [2.75, 3.05) is 67.2 Å². The Morgan fingerprint density at radius 1 is 0.714 bits per heavy atom. The molecule has 2 aliphatic rings. The SMILES string of the molecule is FC(F)(F)c1ccc(N2CCN(c3ccc(N4CCOCC4)nn3)CC2)nc1. The zero-order valence-corrected chi connectivity index (χ0v) is 15.3. The predicted octanol–water partition coefficient (Wildman–Crippen LogP) is 2.05. The van der Waals surface area contributed by atoms with Crippen molar-refractivity contribution in [3.8, 4) is 0 Å². The highest BCUT2D eigenvalue weighted by Gasteiger charge is 2.31. The molecule has 10 heteroatoms. The minimum Gasteiger partial charge on any atom is -0.378 e. The summed E-state index contributed by atoms with van der Waals surface area (Å²) in [6.07, 6.45) is -3.48. The molecule has 0 spiro atoms. The summed E-state index contributed by atoms with van der Waals surface area (Å²) < 4.78 is 43.3. The molecule has 0 bridgehead atoms. The summed E-state index contributed by atoms with van der Waals surface area (Å²) in [5.41, 5.74) is -0.731. The molecule has 2 fully saturated rings. The van der Waals surface area contributed by atoms with E-state index in [9.17, 15) is 13.2 Å². The smallest absolute Gasteiger partial charge is 0.378 e. The van der Waals surface area contributed by atoms with E-state index in [4.69, 9.17) is 4.74 Å². The zero-order valence-electron chi connectivity index (χ0n) is 15.3. The Morgan fingerprint density at radius 3 is 1.68 bits per heavy atom. The molecule has 0 saturated carbocycles. The van der Waals surface area contributed by atoms with Crippen molar-refractivity contribution in [3.63, 3.8) is 0 Å². The highest BCUT2D eigenvalue weighted by atomic mass is 19.4. The largest absolute Gasteiger partial charge is 0.417 e. The first-order valence-corrected chi connectivity index (χ1v) is 9.20. The highest BCUT2D eigenvalue weighted by Crippen LogP contribution is 2.29. The number of morpholine rings is 1. The molecule has 4 rings (SSSR count). The van der Waals surface area contributed by atoms with E-state index in [1.807, 2.05) is 17.0 Å². The maximum atomic E-state index is 12.7. The van der Waals surface area contributed by atoms with Crippen LogP contribution in [0.3, 0.4) is 0 Å². The summed E-state index contributed by atoms with van der Waals surface area (Å²) in [5, 5.41) is 8.68. The van der Waals surface area contributed by atoms with E-state index in [1.54, 1.807) is 0 Å². The predicted molar refractivity (Wildman–Crippen MR) is 98.7 cm³/mol. The fourth-order valence-electron chi connectivity index (χ4n) is 3.35. The monoisotopic (exact) mass is 394 g/mol. The number of pyridine rings is 1. The van der Waals surface area contributed by atoms with Crippen molar-refractivity contribution in [2.24, 2.45) is 0 Å². The van der Waals surface area contributed by atoms with E-state index in [0.717, 1.165) is 37.0 Å². The number of halogens is 3. The van der Waals surface area contributed by atoms with Gasteiger partial charge in [0.05, 0.1) is 18.8 Å². The fourth-order valence-corrected chi connectivity index (χ4v) is 3.35. The summed E-state index contributed by atoms with van der Waals surface area (Å²) >= 11 is 0. The lowest BCUT2D eigenvalue weighted by molar-refractivity contribution is -0.137. The lowest BCUT2D eigenvalue weighted by atomic mass is 10.2. The van der Waals surface area contributed by atoms with Gasteiger partial charge in [0.1, 0.15) is 5.82 Å². The minimum absolute atomic E-state index is 0.557. The topological polar surface area (TPSA) is 57.6 Å². The lowest BCUT2D eigenvalue weighted by Gasteiger charge is -2.36. The standard InChI is InChI=1S/C18H21F3N6O/c19-18(20,21)14-1-2-15(22-13-14)25-5-7-26(8-6-25)16-3-4-17(24-23-16)27-9-11-28-12-10-27/h1-4,13H,5-12H2. The Morgan fingerprint density at radius 2 is 1.21 bits per heavy atom. The maximum Gasteiger partial charge on any atom is 0.417 e. The first kappa shape index (κ1) is 18.7. The maximum absolute atomic E-state index is 12.7. The molecule has 0 aromatic carbocycles. The minimum atomic E-state index is -4.36. The molecular weight excluding hydrogens is 373 g/mol. The van der Waals surface area contributed by atoms with Crippen LogP contribution < -0.4 is 14.7 Å². The Kier molecular flexibility index (Phi) is 5.21. The van der Waals surface area contributed by atoms with Crippen molar-refractivity contribution in [3.05, 3.63) is 36.0 Å². The van der Waals surface area contributed by atoms with Gasteiger partial charge in [-0.2, -0.15) is 13.2 Å². The normalized spacial score (nSPS) is 18.5. The molecule has 0 radical (unpaired) electrons. The van der Waals surface area contributed by atoms with Crippen LogP contribution in [0, 0.1) is 0 Å². The zero-order chi connectivity index (χ0) is 19.6. The summed E-state index contributed by atoms with van der Waals surface area (Å²) in [6.45, 7) is 5.74. The van der Waals surface area contributed by atoms with Gasteiger partial charge in [0.25, 0.3) is 0 Å². The molecule has 2 saturated heterocycles.